The second-order valence-corrected chi connectivity index (χ2v) is 8.43. The molecule has 1 saturated heterocycles. The van der Waals surface area contributed by atoms with Crippen molar-refractivity contribution in [2.24, 2.45) is 0 Å². The Hall–Kier alpha value is -1.80. The van der Waals surface area contributed by atoms with Crippen LogP contribution in [0, 0.1) is 0 Å². The highest BCUT2D eigenvalue weighted by molar-refractivity contribution is 7.89. The summed E-state index contributed by atoms with van der Waals surface area (Å²) in [6.07, 6.45) is 4.13. The van der Waals surface area contributed by atoms with Crippen LogP contribution >= 0.6 is 0 Å². The summed E-state index contributed by atoms with van der Waals surface area (Å²) in [6, 6.07) is 5.27. The van der Waals surface area contributed by atoms with Crippen molar-refractivity contribution in [2.75, 3.05) is 39.6 Å². The lowest BCUT2D eigenvalue weighted by molar-refractivity contribution is -0.120. The smallest absolute Gasteiger partial charge is 0.224 e. The summed E-state index contributed by atoms with van der Waals surface area (Å²) in [5.41, 5.74) is 0.774. The highest BCUT2D eigenvalue weighted by Gasteiger charge is 2.22. The van der Waals surface area contributed by atoms with E-state index in [4.69, 9.17) is 9.47 Å². The van der Waals surface area contributed by atoms with Crippen LogP contribution in [0.25, 0.3) is 0 Å². The Morgan fingerprint density at radius 3 is 2.35 bits per heavy atom. The molecule has 0 aliphatic carbocycles. The monoisotopic (exact) mass is 384 g/mol. The van der Waals surface area contributed by atoms with Crippen LogP contribution in [-0.4, -0.2) is 58.2 Å². The fourth-order valence-corrected chi connectivity index (χ4v) is 4.44. The Kier molecular flexibility index (Phi) is 7.71. The van der Waals surface area contributed by atoms with Crippen molar-refractivity contribution in [1.82, 2.24) is 9.62 Å². The number of benzene rings is 1. The van der Waals surface area contributed by atoms with E-state index in [0.717, 1.165) is 31.2 Å². The number of rotatable bonds is 8. The molecule has 1 aromatic carbocycles. The van der Waals surface area contributed by atoms with Crippen molar-refractivity contribution >= 4 is 15.9 Å². The number of carbonyl (C=O) groups is 1. The van der Waals surface area contributed by atoms with Gasteiger partial charge >= 0.3 is 0 Å². The number of amides is 1. The van der Waals surface area contributed by atoms with E-state index in [1.807, 2.05) is 0 Å². The quantitative estimate of drug-likeness (QED) is 0.735. The normalized spacial score (nSPS) is 15.9. The Bertz CT molecular complexity index is 698. The fourth-order valence-electron chi connectivity index (χ4n) is 3.01. The van der Waals surface area contributed by atoms with Crippen LogP contribution in [0.15, 0.2) is 18.2 Å². The zero-order valence-corrected chi connectivity index (χ0v) is 16.3. The first-order valence-corrected chi connectivity index (χ1v) is 10.5. The zero-order chi connectivity index (χ0) is 19.0. The average molecular weight is 384 g/mol. The molecular weight excluding hydrogens is 356 g/mol. The second kappa shape index (κ2) is 9.78. The molecule has 1 heterocycles. The number of ether oxygens (including phenoxy) is 2. The lowest BCUT2D eigenvalue weighted by atomic mass is 10.1. The molecule has 1 amide bonds. The number of sulfonamides is 1. The molecular formula is C18H28N2O5S. The summed E-state index contributed by atoms with van der Waals surface area (Å²) in [5, 5.41) is 2.69. The molecule has 1 N–H and O–H groups in total. The highest BCUT2D eigenvalue weighted by Crippen LogP contribution is 2.27. The molecule has 1 aliphatic rings. The Morgan fingerprint density at radius 1 is 1.08 bits per heavy atom. The second-order valence-electron chi connectivity index (χ2n) is 6.35. The van der Waals surface area contributed by atoms with E-state index in [1.165, 1.54) is 7.11 Å². The van der Waals surface area contributed by atoms with Crippen LogP contribution < -0.4 is 14.8 Å². The van der Waals surface area contributed by atoms with Crippen molar-refractivity contribution in [2.45, 2.75) is 32.1 Å². The third-order valence-electron chi connectivity index (χ3n) is 4.45. The van der Waals surface area contributed by atoms with Gasteiger partial charge in [0.15, 0.2) is 11.5 Å². The van der Waals surface area contributed by atoms with Gasteiger partial charge in [0, 0.05) is 19.6 Å². The summed E-state index contributed by atoms with van der Waals surface area (Å²) in [5.74, 6) is 0.870. The van der Waals surface area contributed by atoms with Crippen molar-refractivity contribution in [3.05, 3.63) is 23.8 Å². The number of nitrogens with one attached hydrogen (secondary N) is 1. The van der Waals surface area contributed by atoms with E-state index in [-0.39, 0.29) is 24.6 Å². The third-order valence-corrected chi connectivity index (χ3v) is 6.33. The first-order chi connectivity index (χ1) is 12.5. The standard InChI is InChI=1S/C18H28N2O5S/c1-24-16-8-7-15(13-17(16)25-2)14-18(21)19-9-12-26(22,23)20-10-5-3-4-6-11-20/h7-8,13H,3-6,9-12,14H2,1-2H3,(H,19,21). The molecule has 0 unspecified atom stereocenters. The molecule has 146 valence electrons. The number of carbonyl (C=O) groups excluding carboxylic acids is 1. The van der Waals surface area contributed by atoms with Crippen molar-refractivity contribution < 1.29 is 22.7 Å². The molecule has 1 fully saturated rings. The van der Waals surface area contributed by atoms with Gasteiger partial charge in [-0.25, -0.2) is 12.7 Å². The van der Waals surface area contributed by atoms with Crippen LogP contribution in [0.5, 0.6) is 11.5 Å². The molecule has 7 nitrogen and oxygen atoms in total. The number of hydrogen-bond donors (Lipinski definition) is 1. The molecule has 2 rings (SSSR count). The van der Waals surface area contributed by atoms with E-state index in [1.54, 1.807) is 29.6 Å². The lowest BCUT2D eigenvalue weighted by Crippen LogP contribution is -2.38. The first-order valence-electron chi connectivity index (χ1n) is 8.91. The van der Waals surface area contributed by atoms with Crippen LogP contribution in [0.3, 0.4) is 0 Å². The highest BCUT2D eigenvalue weighted by atomic mass is 32.2. The Balaban J connectivity index is 1.83. The summed E-state index contributed by atoms with van der Waals surface area (Å²) < 4.78 is 36.7. The van der Waals surface area contributed by atoms with Gasteiger partial charge in [0.25, 0.3) is 0 Å². The molecule has 26 heavy (non-hydrogen) atoms. The van der Waals surface area contributed by atoms with Gasteiger partial charge in [0.1, 0.15) is 0 Å². The minimum Gasteiger partial charge on any atom is -0.493 e. The van der Waals surface area contributed by atoms with Gasteiger partial charge in [-0.05, 0) is 30.5 Å². The van der Waals surface area contributed by atoms with Gasteiger partial charge in [0.2, 0.25) is 15.9 Å². The van der Waals surface area contributed by atoms with Crippen molar-refractivity contribution in [1.29, 1.82) is 0 Å². The van der Waals surface area contributed by atoms with E-state index >= 15 is 0 Å². The third kappa shape index (κ3) is 5.88. The summed E-state index contributed by atoms with van der Waals surface area (Å²) in [7, 11) is -0.225. The molecule has 0 radical (unpaired) electrons. The predicted octanol–water partition coefficient (Wildman–Crippen LogP) is 1.57. The first kappa shape index (κ1) is 20.5. The average Bonchev–Trinajstić information content (AvgIpc) is 2.91. The predicted molar refractivity (Wildman–Crippen MR) is 100 cm³/mol. The zero-order valence-electron chi connectivity index (χ0n) is 15.5. The fraction of sp³-hybridized carbons (Fsp3) is 0.611. The molecule has 0 aromatic heterocycles. The summed E-state index contributed by atoms with van der Waals surface area (Å²) in [6.45, 7) is 1.29. The van der Waals surface area contributed by atoms with E-state index in [2.05, 4.69) is 5.32 Å². The number of methoxy groups -OCH3 is 2. The van der Waals surface area contributed by atoms with Gasteiger partial charge in [-0.1, -0.05) is 18.9 Å². The minimum absolute atomic E-state index is 0.0648. The lowest BCUT2D eigenvalue weighted by Gasteiger charge is -2.19. The molecule has 8 heteroatoms. The molecule has 1 aliphatic heterocycles. The Morgan fingerprint density at radius 2 is 1.73 bits per heavy atom. The molecule has 1 aromatic rings. The maximum absolute atomic E-state index is 12.4. The summed E-state index contributed by atoms with van der Waals surface area (Å²) in [4.78, 5) is 12.1. The number of nitrogens with zero attached hydrogens (tertiary/aromatic N) is 1. The van der Waals surface area contributed by atoms with E-state index in [0.29, 0.717) is 24.6 Å². The van der Waals surface area contributed by atoms with Crippen LogP contribution in [0.4, 0.5) is 0 Å². The maximum Gasteiger partial charge on any atom is 0.224 e. The van der Waals surface area contributed by atoms with Crippen LogP contribution in [0.1, 0.15) is 31.2 Å². The number of hydrogen-bond acceptors (Lipinski definition) is 5. The van der Waals surface area contributed by atoms with Gasteiger partial charge < -0.3 is 14.8 Å². The SMILES string of the molecule is COc1ccc(CC(=O)NCCS(=O)(=O)N2CCCCCC2)cc1OC. The van der Waals surface area contributed by atoms with Crippen LogP contribution in [-0.2, 0) is 21.2 Å². The largest absolute Gasteiger partial charge is 0.493 e. The Labute approximate surface area is 155 Å². The topological polar surface area (TPSA) is 84.9 Å². The van der Waals surface area contributed by atoms with Gasteiger partial charge in [0.05, 0.1) is 26.4 Å². The molecule has 0 atom stereocenters. The summed E-state index contributed by atoms with van der Waals surface area (Å²) >= 11 is 0. The molecule has 0 spiro atoms. The van der Waals surface area contributed by atoms with E-state index in [9.17, 15) is 13.2 Å². The van der Waals surface area contributed by atoms with Crippen molar-refractivity contribution in [3.63, 3.8) is 0 Å². The van der Waals surface area contributed by atoms with Gasteiger partial charge in [-0.2, -0.15) is 0 Å². The molecule has 0 bridgehead atoms. The van der Waals surface area contributed by atoms with Crippen LogP contribution in [0.2, 0.25) is 0 Å². The van der Waals surface area contributed by atoms with Gasteiger partial charge in [-0.15, -0.1) is 0 Å². The van der Waals surface area contributed by atoms with E-state index < -0.39 is 10.0 Å². The molecule has 0 saturated carbocycles. The minimum atomic E-state index is -3.31. The van der Waals surface area contributed by atoms with Gasteiger partial charge in [-0.3, -0.25) is 4.79 Å². The maximum atomic E-state index is 12.4. The van der Waals surface area contributed by atoms with Crippen molar-refractivity contribution in [3.8, 4) is 11.5 Å².